The Morgan fingerprint density at radius 1 is 1.19 bits per heavy atom. The number of thioether (sulfide) groups is 2. The van der Waals surface area contributed by atoms with Gasteiger partial charge in [0.25, 0.3) is 0 Å². The maximum Gasteiger partial charge on any atom is 0.472 e. The van der Waals surface area contributed by atoms with Crippen LogP contribution in [0.25, 0.3) is 0 Å². The summed E-state index contributed by atoms with van der Waals surface area (Å²) in [6, 6.07) is 0. The van der Waals surface area contributed by atoms with E-state index in [2.05, 4.69) is 9.05 Å². The van der Waals surface area contributed by atoms with Crippen molar-refractivity contribution in [3.63, 3.8) is 0 Å². The van der Waals surface area contributed by atoms with E-state index in [0.717, 1.165) is 23.5 Å². The molecule has 0 saturated heterocycles. The molecular weight excluding hydrogens is 345 g/mol. The Morgan fingerprint density at radius 2 is 1.81 bits per heavy atom. The van der Waals surface area contributed by atoms with Gasteiger partial charge in [-0.2, -0.15) is 0 Å². The van der Waals surface area contributed by atoms with E-state index in [4.69, 9.17) is 15.2 Å². The molecule has 0 spiro atoms. The van der Waals surface area contributed by atoms with Crippen LogP contribution in [0, 0.1) is 0 Å². The molecule has 2 unspecified atom stereocenters. The van der Waals surface area contributed by atoms with Gasteiger partial charge in [0.2, 0.25) is 0 Å². The highest BCUT2D eigenvalue weighted by Crippen LogP contribution is 2.43. The number of hydrogen-bond acceptors (Lipinski definition) is 10. The summed E-state index contributed by atoms with van der Waals surface area (Å²) in [7, 11) is -4.29. The van der Waals surface area contributed by atoms with Gasteiger partial charge < -0.3 is 20.1 Å². The zero-order valence-corrected chi connectivity index (χ0v) is 14.1. The highest BCUT2D eigenvalue weighted by Gasteiger charge is 2.25. The minimum Gasteiger partial charge on any atom is -0.454 e. The van der Waals surface area contributed by atoms with E-state index in [0.29, 0.717) is 0 Å². The van der Waals surface area contributed by atoms with E-state index in [9.17, 15) is 19.0 Å². The molecule has 0 heterocycles. The number of carbonyl (C=O) groups is 2. The van der Waals surface area contributed by atoms with Crippen molar-refractivity contribution >= 4 is 41.9 Å². The molecule has 0 bridgehead atoms. The van der Waals surface area contributed by atoms with Gasteiger partial charge in [-0.1, -0.05) is 0 Å². The fourth-order valence-corrected chi connectivity index (χ4v) is 2.09. The van der Waals surface area contributed by atoms with Crippen LogP contribution < -0.4 is 5.73 Å². The van der Waals surface area contributed by atoms with Crippen LogP contribution in [0.5, 0.6) is 0 Å². The topological polar surface area (TPSA) is 134 Å². The number of phosphoric acid groups is 1. The summed E-state index contributed by atoms with van der Waals surface area (Å²) >= 11 is 1.63. The third-order valence-electron chi connectivity index (χ3n) is 1.78. The Labute approximate surface area is 130 Å². The predicted octanol–water partition coefficient (Wildman–Crippen LogP) is 1.45. The Morgan fingerprint density at radius 3 is 2.33 bits per heavy atom. The van der Waals surface area contributed by atoms with Crippen molar-refractivity contribution < 1.29 is 37.6 Å². The fourth-order valence-electron chi connectivity index (χ4n) is 0.903. The van der Waals surface area contributed by atoms with E-state index in [-0.39, 0.29) is 19.8 Å². The average molecular weight is 363 g/mol. The lowest BCUT2D eigenvalue weighted by Gasteiger charge is -2.18. The zero-order valence-electron chi connectivity index (χ0n) is 11.6. The van der Waals surface area contributed by atoms with E-state index < -0.39 is 31.1 Å². The third-order valence-corrected chi connectivity index (χ3v) is 3.64. The van der Waals surface area contributed by atoms with Gasteiger partial charge in [0.05, 0.1) is 13.2 Å². The van der Waals surface area contributed by atoms with E-state index in [1.165, 1.54) is 12.5 Å². The molecular formula is C9H18NO8PS2. The predicted molar refractivity (Wildman–Crippen MR) is 79.4 cm³/mol. The largest absolute Gasteiger partial charge is 0.472 e. The molecule has 3 N–H and O–H groups in total. The first kappa shape index (κ1) is 20.7. The highest BCUT2D eigenvalue weighted by molar-refractivity contribution is 8.12. The van der Waals surface area contributed by atoms with Crippen LogP contribution in [-0.4, -0.2) is 60.5 Å². The van der Waals surface area contributed by atoms with Crippen molar-refractivity contribution in [2.75, 3.05) is 38.9 Å². The maximum atomic E-state index is 11.4. The maximum absolute atomic E-state index is 11.4. The second-order valence-electron chi connectivity index (χ2n) is 3.35. The molecule has 0 aromatic heterocycles. The second-order valence-corrected chi connectivity index (χ2v) is 6.28. The van der Waals surface area contributed by atoms with E-state index in [1.807, 2.05) is 0 Å². The van der Waals surface area contributed by atoms with Crippen molar-refractivity contribution in [3.05, 3.63) is 0 Å². The SMILES string of the molecule is CSC(=O)OCC(COP(=O)(O)OCCN)OC(=O)SC. The molecule has 0 aliphatic rings. The summed E-state index contributed by atoms with van der Waals surface area (Å²) < 4.78 is 30.3. The normalized spacial score (nSPS) is 15.0. The molecule has 0 saturated carbocycles. The number of carbonyl (C=O) groups excluding carboxylic acids is 2. The molecule has 9 nitrogen and oxygen atoms in total. The Hall–Kier alpha value is -0.290. The molecule has 0 rings (SSSR count). The first-order valence-electron chi connectivity index (χ1n) is 5.62. The summed E-state index contributed by atoms with van der Waals surface area (Å²) in [5.41, 5.74) is 5.13. The van der Waals surface area contributed by atoms with Gasteiger partial charge in [0, 0.05) is 6.54 Å². The Bertz CT molecular complexity index is 383. The van der Waals surface area contributed by atoms with Crippen molar-refractivity contribution in [1.82, 2.24) is 0 Å². The minimum absolute atomic E-state index is 0.0458. The highest BCUT2D eigenvalue weighted by atomic mass is 32.2. The summed E-state index contributed by atoms with van der Waals surface area (Å²) in [5.74, 6) is 0. The third kappa shape index (κ3) is 11.0. The second kappa shape index (κ2) is 11.3. The van der Waals surface area contributed by atoms with Crippen LogP contribution in [-0.2, 0) is 23.1 Å². The molecule has 2 atom stereocenters. The van der Waals surface area contributed by atoms with Crippen molar-refractivity contribution in [3.8, 4) is 0 Å². The first-order chi connectivity index (χ1) is 9.84. The number of rotatable bonds is 9. The standard InChI is InChI=1S/C9H18NO8PS2/c1-20-8(11)15-5-7(18-9(12)21-2)6-17-19(13,14)16-4-3-10/h7H,3-6,10H2,1-2H3,(H,13,14). The summed E-state index contributed by atoms with van der Waals surface area (Å²) in [6.07, 6.45) is 1.99. The van der Waals surface area contributed by atoms with Gasteiger partial charge in [-0.05, 0) is 36.0 Å². The van der Waals surface area contributed by atoms with Crippen molar-refractivity contribution in [1.29, 1.82) is 0 Å². The lowest BCUT2D eigenvalue weighted by atomic mass is 10.4. The van der Waals surface area contributed by atoms with Gasteiger partial charge in [-0.15, -0.1) is 0 Å². The number of phosphoric ester groups is 1. The quantitative estimate of drug-likeness (QED) is 0.455. The number of hydrogen-bond donors (Lipinski definition) is 2. The van der Waals surface area contributed by atoms with Crippen LogP contribution in [0.4, 0.5) is 9.59 Å². The Balaban J connectivity index is 4.41. The fraction of sp³-hybridized carbons (Fsp3) is 0.778. The molecule has 0 radical (unpaired) electrons. The molecule has 0 fully saturated rings. The lowest BCUT2D eigenvalue weighted by Crippen LogP contribution is -2.27. The molecule has 0 aromatic rings. The van der Waals surface area contributed by atoms with Gasteiger partial charge >= 0.3 is 18.4 Å². The van der Waals surface area contributed by atoms with E-state index in [1.54, 1.807) is 0 Å². The molecule has 12 heteroatoms. The van der Waals surface area contributed by atoms with Crippen molar-refractivity contribution in [2.45, 2.75) is 6.10 Å². The molecule has 0 aromatic carbocycles. The average Bonchev–Trinajstić information content (AvgIpc) is 2.47. The van der Waals surface area contributed by atoms with E-state index >= 15 is 0 Å². The summed E-state index contributed by atoms with van der Waals surface area (Å²) in [6.45, 7) is -0.885. The molecule has 124 valence electrons. The smallest absolute Gasteiger partial charge is 0.454 e. The van der Waals surface area contributed by atoms with Crippen LogP contribution in [0.3, 0.4) is 0 Å². The first-order valence-corrected chi connectivity index (χ1v) is 9.56. The van der Waals surface area contributed by atoms with Gasteiger partial charge in [-0.25, -0.2) is 14.2 Å². The number of ether oxygens (including phenoxy) is 2. The lowest BCUT2D eigenvalue weighted by molar-refractivity contribution is 0.0258. The van der Waals surface area contributed by atoms with Gasteiger partial charge in [0.1, 0.15) is 6.61 Å². The van der Waals surface area contributed by atoms with Crippen LogP contribution in [0.15, 0.2) is 0 Å². The van der Waals surface area contributed by atoms with Crippen LogP contribution in [0.2, 0.25) is 0 Å². The van der Waals surface area contributed by atoms with Gasteiger partial charge in [0.15, 0.2) is 6.10 Å². The van der Waals surface area contributed by atoms with Gasteiger partial charge in [-0.3, -0.25) is 9.05 Å². The summed E-state index contributed by atoms with van der Waals surface area (Å²) in [5, 5.41) is -1.22. The Kier molecular flexibility index (Phi) is 11.1. The zero-order chi connectivity index (χ0) is 16.3. The molecule has 0 aliphatic carbocycles. The molecule has 21 heavy (non-hydrogen) atoms. The van der Waals surface area contributed by atoms with Crippen LogP contribution in [0.1, 0.15) is 0 Å². The van der Waals surface area contributed by atoms with Crippen LogP contribution >= 0.6 is 31.3 Å². The monoisotopic (exact) mass is 363 g/mol. The minimum atomic E-state index is -4.29. The molecule has 0 aliphatic heterocycles. The molecule has 0 amide bonds. The van der Waals surface area contributed by atoms with Crippen molar-refractivity contribution in [2.24, 2.45) is 5.73 Å². The summed E-state index contributed by atoms with van der Waals surface area (Å²) in [4.78, 5) is 31.5. The number of nitrogens with two attached hydrogens (primary N) is 1.